The fourth-order valence-corrected chi connectivity index (χ4v) is 3.81. The molecule has 0 aliphatic rings. The van der Waals surface area contributed by atoms with E-state index in [4.69, 9.17) is 0 Å². The number of nitrogens with zero attached hydrogens (tertiary/aromatic N) is 2. The molecule has 1 amide bonds. The van der Waals surface area contributed by atoms with Crippen LogP contribution in [0.2, 0.25) is 0 Å². The van der Waals surface area contributed by atoms with Gasteiger partial charge in [0.2, 0.25) is 10.0 Å². The van der Waals surface area contributed by atoms with E-state index in [1.54, 1.807) is 19.9 Å². The second kappa shape index (κ2) is 7.85. The Morgan fingerprint density at radius 3 is 2.41 bits per heavy atom. The first-order chi connectivity index (χ1) is 12.6. The highest BCUT2D eigenvalue weighted by atomic mass is 32.2. The van der Waals surface area contributed by atoms with Gasteiger partial charge in [0.15, 0.2) is 0 Å². The van der Waals surface area contributed by atoms with Gasteiger partial charge in [-0.2, -0.15) is 4.31 Å². The molecule has 0 aliphatic heterocycles. The molecule has 9 heteroatoms. The molecule has 144 valence electrons. The van der Waals surface area contributed by atoms with Crippen LogP contribution in [-0.4, -0.2) is 36.6 Å². The van der Waals surface area contributed by atoms with Crippen LogP contribution in [0.3, 0.4) is 0 Å². The van der Waals surface area contributed by atoms with Crippen LogP contribution in [0, 0.1) is 17.0 Å². The molecule has 1 N–H and O–H groups in total. The van der Waals surface area contributed by atoms with E-state index in [0.717, 1.165) is 0 Å². The third-order valence-electron chi connectivity index (χ3n) is 4.25. The number of nitro groups is 1. The smallest absolute Gasteiger partial charge is 0.274 e. The van der Waals surface area contributed by atoms with Gasteiger partial charge in [-0.1, -0.05) is 12.1 Å². The molecular weight excluding hydrogens is 370 g/mol. The molecular formula is C18H21N3O5S. The number of rotatable bonds is 6. The van der Waals surface area contributed by atoms with Gasteiger partial charge in [-0.05, 0) is 45.0 Å². The topological polar surface area (TPSA) is 110 Å². The van der Waals surface area contributed by atoms with Gasteiger partial charge in [0, 0.05) is 24.7 Å². The van der Waals surface area contributed by atoms with Crippen LogP contribution in [0.15, 0.2) is 47.4 Å². The van der Waals surface area contributed by atoms with E-state index in [1.165, 1.54) is 54.7 Å². The zero-order valence-corrected chi connectivity index (χ0v) is 16.3. The van der Waals surface area contributed by atoms with Crippen molar-refractivity contribution in [2.45, 2.75) is 31.7 Å². The van der Waals surface area contributed by atoms with Crippen LogP contribution in [0.1, 0.15) is 29.8 Å². The molecule has 0 aliphatic carbocycles. The molecule has 27 heavy (non-hydrogen) atoms. The zero-order valence-electron chi connectivity index (χ0n) is 15.5. The molecule has 2 aromatic carbocycles. The third kappa shape index (κ3) is 4.32. The average Bonchev–Trinajstić information content (AvgIpc) is 2.62. The first-order valence-electron chi connectivity index (χ1n) is 8.19. The predicted octanol–water partition coefficient (Wildman–Crippen LogP) is 3.18. The second-order valence-corrected chi connectivity index (χ2v) is 8.30. The minimum atomic E-state index is -3.73. The van der Waals surface area contributed by atoms with Crippen molar-refractivity contribution < 1.29 is 18.1 Å². The SMILES string of the molecule is Cc1c(NC(=O)c2cccc(S(=O)(=O)N(C)C(C)C)c2)cccc1[N+](=O)[O-]. The van der Waals surface area contributed by atoms with Crippen molar-refractivity contribution in [3.8, 4) is 0 Å². The number of nitro benzene ring substituents is 1. The Morgan fingerprint density at radius 1 is 1.19 bits per heavy atom. The fraction of sp³-hybridized carbons (Fsp3) is 0.278. The molecule has 0 saturated carbocycles. The van der Waals surface area contributed by atoms with Crippen LogP contribution in [0.5, 0.6) is 0 Å². The Kier molecular flexibility index (Phi) is 5.97. The van der Waals surface area contributed by atoms with Gasteiger partial charge in [0.05, 0.1) is 21.1 Å². The van der Waals surface area contributed by atoms with E-state index in [9.17, 15) is 23.3 Å². The summed E-state index contributed by atoms with van der Waals surface area (Å²) in [6, 6.07) is 9.80. The minimum Gasteiger partial charge on any atom is -0.321 e. The number of hydrogen-bond donors (Lipinski definition) is 1. The molecule has 0 radical (unpaired) electrons. The summed E-state index contributed by atoms with van der Waals surface area (Å²) >= 11 is 0. The number of sulfonamides is 1. The predicted molar refractivity (Wildman–Crippen MR) is 102 cm³/mol. The highest BCUT2D eigenvalue weighted by Gasteiger charge is 2.24. The van der Waals surface area contributed by atoms with E-state index in [-0.39, 0.29) is 22.2 Å². The van der Waals surface area contributed by atoms with Gasteiger partial charge >= 0.3 is 0 Å². The normalized spacial score (nSPS) is 11.6. The van der Waals surface area contributed by atoms with Gasteiger partial charge in [-0.3, -0.25) is 14.9 Å². The van der Waals surface area contributed by atoms with Crippen LogP contribution < -0.4 is 5.32 Å². The first-order valence-corrected chi connectivity index (χ1v) is 9.63. The Morgan fingerprint density at radius 2 is 1.81 bits per heavy atom. The van der Waals surface area contributed by atoms with Gasteiger partial charge < -0.3 is 5.32 Å². The van der Waals surface area contributed by atoms with Crippen LogP contribution >= 0.6 is 0 Å². The van der Waals surface area contributed by atoms with E-state index < -0.39 is 20.9 Å². The highest BCUT2D eigenvalue weighted by Crippen LogP contribution is 2.26. The number of anilines is 1. The zero-order chi connectivity index (χ0) is 20.4. The fourth-order valence-electron chi connectivity index (χ4n) is 2.39. The maximum atomic E-state index is 12.6. The Balaban J connectivity index is 2.34. The van der Waals surface area contributed by atoms with Crippen LogP contribution in [0.25, 0.3) is 0 Å². The lowest BCUT2D eigenvalue weighted by Crippen LogP contribution is -2.33. The molecule has 8 nitrogen and oxygen atoms in total. The molecule has 0 heterocycles. The molecule has 0 bridgehead atoms. The summed E-state index contributed by atoms with van der Waals surface area (Å²) in [6.07, 6.45) is 0. The van der Waals surface area contributed by atoms with Crippen LogP contribution in [-0.2, 0) is 10.0 Å². The summed E-state index contributed by atoms with van der Waals surface area (Å²) in [7, 11) is -2.26. The molecule has 0 fully saturated rings. The summed E-state index contributed by atoms with van der Waals surface area (Å²) in [6.45, 7) is 5.03. The van der Waals surface area contributed by atoms with Crippen molar-refractivity contribution in [3.63, 3.8) is 0 Å². The number of amides is 1. The van der Waals surface area contributed by atoms with E-state index >= 15 is 0 Å². The summed E-state index contributed by atoms with van der Waals surface area (Å²) in [5.41, 5.74) is 0.641. The number of carbonyl (C=O) groups excluding carboxylic acids is 1. The molecule has 0 spiro atoms. The molecule has 0 unspecified atom stereocenters. The number of benzene rings is 2. The molecule has 0 atom stereocenters. The lowest BCUT2D eigenvalue weighted by molar-refractivity contribution is -0.385. The summed E-state index contributed by atoms with van der Waals surface area (Å²) in [5, 5.41) is 13.6. The van der Waals surface area contributed by atoms with Crippen molar-refractivity contribution in [2.24, 2.45) is 0 Å². The molecule has 2 rings (SSSR count). The largest absolute Gasteiger partial charge is 0.321 e. The maximum Gasteiger partial charge on any atom is 0.274 e. The highest BCUT2D eigenvalue weighted by molar-refractivity contribution is 7.89. The van der Waals surface area contributed by atoms with E-state index in [1.807, 2.05) is 0 Å². The first kappa shape index (κ1) is 20.5. The van der Waals surface area contributed by atoms with Gasteiger partial charge in [0.1, 0.15) is 0 Å². The third-order valence-corrected chi connectivity index (χ3v) is 6.28. The Bertz CT molecular complexity index is 986. The van der Waals surface area contributed by atoms with E-state index in [0.29, 0.717) is 11.3 Å². The van der Waals surface area contributed by atoms with Gasteiger partial charge in [0.25, 0.3) is 11.6 Å². The molecule has 0 saturated heterocycles. The average molecular weight is 391 g/mol. The van der Waals surface area contributed by atoms with Crippen molar-refractivity contribution in [3.05, 3.63) is 63.7 Å². The number of hydrogen-bond acceptors (Lipinski definition) is 5. The van der Waals surface area contributed by atoms with Crippen LogP contribution in [0.4, 0.5) is 11.4 Å². The summed E-state index contributed by atoms with van der Waals surface area (Å²) in [5.74, 6) is -0.553. The summed E-state index contributed by atoms with van der Waals surface area (Å²) < 4.78 is 26.4. The lowest BCUT2D eigenvalue weighted by Gasteiger charge is -2.21. The maximum absolute atomic E-state index is 12.6. The second-order valence-electron chi connectivity index (χ2n) is 6.30. The standard InChI is InChI=1S/C18H21N3O5S/c1-12(2)20(4)27(25,26)15-8-5-7-14(11-15)18(22)19-16-9-6-10-17(13(16)3)21(23)24/h5-12H,1-4H3,(H,19,22). The summed E-state index contributed by atoms with van der Waals surface area (Å²) in [4.78, 5) is 23.0. The van der Waals surface area contributed by atoms with Crippen molar-refractivity contribution >= 4 is 27.3 Å². The Hall–Kier alpha value is -2.78. The monoisotopic (exact) mass is 391 g/mol. The minimum absolute atomic E-state index is 0.00196. The molecule has 2 aromatic rings. The van der Waals surface area contributed by atoms with E-state index in [2.05, 4.69) is 5.32 Å². The van der Waals surface area contributed by atoms with Crippen molar-refractivity contribution in [1.29, 1.82) is 0 Å². The quantitative estimate of drug-likeness (QED) is 0.601. The number of nitrogens with one attached hydrogen (secondary N) is 1. The van der Waals surface area contributed by atoms with Gasteiger partial charge in [-0.15, -0.1) is 0 Å². The lowest BCUT2D eigenvalue weighted by atomic mass is 10.1. The molecule has 0 aromatic heterocycles. The van der Waals surface area contributed by atoms with Crippen molar-refractivity contribution in [2.75, 3.05) is 12.4 Å². The van der Waals surface area contributed by atoms with Gasteiger partial charge in [-0.25, -0.2) is 8.42 Å². The Labute approximate surface area is 158 Å². The number of carbonyl (C=O) groups is 1. The van der Waals surface area contributed by atoms with Crippen molar-refractivity contribution in [1.82, 2.24) is 4.31 Å².